The van der Waals surface area contributed by atoms with Gasteiger partial charge in [-0.25, -0.2) is 9.97 Å². The molecule has 0 unspecified atom stereocenters. The third-order valence-corrected chi connectivity index (χ3v) is 4.34. The molecular formula is C15H20N4O2S. The number of amides is 1. The average molecular weight is 320 g/mol. The number of methoxy groups -OCH3 is 1. The minimum Gasteiger partial charge on any atom is -0.383 e. The number of ether oxygens (including phenoxy) is 1. The van der Waals surface area contributed by atoms with Crippen molar-refractivity contribution in [3.63, 3.8) is 0 Å². The van der Waals surface area contributed by atoms with Crippen LogP contribution in [0.1, 0.15) is 22.2 Å². The Morgan fingerprint density at radius 3 is 3.00 bits per heavy atom. The van der Waals surface area contributed by atoms with Crippen LogP contribution in [-0.4, -0.2) is 42.2 Å². The first kappa shape index (κ1) is 16.4. The zero-order chi connectivity index (χ0) is 16.1. The Morgan fingerprint density at radius 1 is 1.55 bits per heavy atom. The van der Waals surface area contributed by atoms with Crippen molar-refractivity contribution in [1.82, 2.24) is 15.3 Å². The van der Waals surface area contributed by atoms with E-state index in [1.807, 2.05) is 13.8 Å². The van der Waals surface area contributed by atoms with Crippen LogP contribution in [0.15, 0.2) is 19.0 Å². The fourth-order valence-electron chi connectivity index (χ4n) is 2.17. The highest BCUT2D eigenvalue weighted by Gasteiger charge is 2.20. The zero-order valence-electron chi connectivity index (χ0n) is 13.0. The summed E-state index contributed by atoms with van der Waals surface area (Å²) in [4.78, 5) is 22.4. The molecule has 0 radical (unpaired) electrons. The van der Waals surface area contributed by atoms with Crippen molar-refractivity contribution in [3.05, 3.63) is 29.4 Å². The minimum atomic E-state index is -0.111. The Kier molecular flexibility index (Phi) is 5.46. The SMILES string of the molecule is C=CCNc1ncnc2sc(C(=O)N[C@@H](C)COC)c(C)c12. The molecule has 0 saturated heterocycles. The fraction of sp³-hybridized carbons (Fsp3) is 0.400. The third kappa shape index (κ3) is 3.42. The Labute approximate surface area is 133 Å². The number of rotatable bonds is 7. The summed E-state index contributed by atoms with van der Waals surface area (Å²) in [6, 6.07) is -0.0495. The highest BCUT2D eigenvalue weighted by Crippen LogP contribution is 2.33. The van der Waals surface area contributed by atoms with Crippen LogP contribution in [0.25, 0.3) is 10.2 Å². The number of hydrogen-bond donors (Lipinski definition) is 2. The lowest BCUT2D eigenvalue weighted by molar-refractivity contribution is 0.0909. The summed E-state index contributed by atoms with van der Waals surface area (Å²) in [5.74, 6) is 0.613. The largest absolute Gasteiger partial charge is 0.383 e. The van der Waals surface area contributed by atoms with Crippen molar-refractivity contribution >= 4 is 33.3 Å². The van der Waals surface area contributed by atoms with Crippen molar-refractivity contribution in [3.8, 4) is 0 Å². The van der Waals surface area contributed by atoms with Gasteiger partial charge in [0, 0.05) is 19.7 Å². The average Bonchev–Trinajstić information content (AvgIpc) is 2.83. The van der Waals surface area contributed by atoms with Crippen molar-refractivity contribution in [2.45, 2.75) is 19.9 Å². The van der Waals surface area contributed by atoms with E-state index in [0.717, 1.165) is 21.6 Å². The quantitative estimate of drug-likeness (QED) is 0.766. The van der Waals surface area contributed by atoms with E-state index in [4.69, 9.17) is 4.74 Å². The van der Waals surface area contributed by atoms with Crippen LogP contribution in [-0.2, 0) is 4.74 Å². The van der Waals surface area contributed by atoms with Crippen LogP contribution < -0.4 is 10.6 Å². The molecular weight excluding hydrogens is 300 g/mol. The molecule has 2 rings (SSSR count). The third-order valence-electron chi connectivity index (χ3n) is 3.14. The molecule has 2 aromatic rings. The molecule has 0 aliphatic heterocycles. The summed E-state index contributed by atoms with van der Waals surface area (Å²) >= 11 is 1.37. The van der Waals surface area contributed by atoms with Gasteiger partial charge in [-0.3, -0.25) is 4.79 Å². The Bertz CT molecular complexity index is 683. The minimum absolute atomic E-state index is 0.0495. The summed E-state index contributed by atoms with van der Waals surface area (Å²) in [6.45, 7) is 8.58. The smallest absolute Gasteiger partial charge is 0.262 e. The van der Waals surface area contributed by atoms with Gasteiger partial charge in [0.25, 0.3) is 5.91 Å². The van der Waals surface area contributed by atoms with E-state index in [0.29, 0.717) is 18.0 Å². The van der Waals surface area contributed by atoms with Crippen LogP contribution in [0.2, 0.25) is 0 Å². The molecule has 0 bridgehead atoms. The maximum absolute atomic E-state index is 12.4. The summed E-state index contributed by atoms with van der Waals surface area (Å²) < 4.78 is 5.04. The van der Waals surface area contributed by atoms with Crippen molar-refractivity contribution in [2.24, 2.45) is 0 Å². The maximum Gasteiger partial charge on any atom is 0.262 e. The first-order chi connectivity index (χ1) is 10.6. The van der Waals surface area contributed by atoms with Gasteiger partial charge < -0.3 is 15.4 Å². The van der Waals surface area contributed by atoms with Crippen LogP contribution in [0.4, 0.5) is 5.82 Å². The topological polar surface area (TPSA) is 76.1 Å². The standard InChI is InChI=1S/C15H20N4O2S/c1-5-6-16-13-11-10(3)12(22-15(11)18-8-17-13)14(20)19-9(2)7-21-4/h5,8-9H,1,6-7H2,2-4H3,(H,19,20)(H,16,17,18)/t9-/m0/s1. The van der Waals surface area contributed by atoms with E-state index in [1.54, 1.807) is 13.2 Å². The number of nitrogens with one attached hydrogen (secondary N) is 2. The molecule has 0 saturated carbocycles. The van der Waals surface area contributed by atoms with E-state index in [1.165, 1.54) is 17.7 Å². The number of aromatic nitrogens is 2. The normalized spacial score (nSPS) is 12.1. The van der Waals surface area contributed by atoms with Gasteiger partial charge in [-0.1, -0.05) is 6.08 Å². The van der Waals surface area contributed by atoms with E-state index >= 15 is 0 Å². The zero-order valence-corrected chi connectivity index (χ0v) is 13.8. The predicted molar refractivity (Wildman–Crippen MR) is 89.6 cm³/mol. The Hall–Kier alpha value is -1.99. The molecule has 0 spiro atoms. The summed E-state index contributed by atoms with van der Waals surface area (Å²) in [5.41, 5.74) is 0.884. The van der Waals surface area contributed by atoms with Gasteiger partial charge in [0.1, 0.15) is 17.0 Å². The second-order valence-corrected chi connectivity index (χ2v) is 5.96. The molecule has 0 aliphatic carbocycles. The van der Waals surface area contributed by atoms with Gasteiger partial charge in [0.2, 0.25) is 0 Å². The Morgan fingerprint density at radius 2 is 2.32 bits per heavy atom. The fourth-order valence-corrected chi connectivity index (χ4v) is 3.22. The summed E-state index contributed by atoms with van der Waals surface area (Å²) in [7, 11) is 1.61. The predicted octanol–water partition coefficient (Wildman–Crippen LogP) is 2.36. The van der Waals surface area contributed by atoms with Gasteiger partial charge in [0.15, 0.2) is 0 Å². The number of aryl methyl sites for hydroxylation is 1. The molecule has 6 nitrogen and oxygen atoms in total. The summed E-state index contributed by atoms with van der Waals surface area (Å²) in [5, 5.41) is 6.99. The van der Waals surface area contributed by atoms with E-state index < -0.39 is 0 Å². The molecule has 2 N–H and O–H groups in total. The lowest BCUT2D eigenvalue weighted by Crippen LogP contribution is -2.35. The van der Waals surface area contributed by atoms with E-state index in [2.05, 4.69) is 27.2 Å². The molecule has 22 heavy (non-hydrogen) atoms. The first-order valence-electron chi connectivity index (χ1n) is 6.97. The maximum atomic E-state index is 12.4. The molecule has 2 aromatic heterocycles. The van der Waals surface area contributed by atoms with Crippen molar-refractivity contribution in [2.75, 3.05) is 25.6 Å². The number of carbonyl (C=O) groups is 1. The van der Waals surface area contributed by atoms with Gasteiger partial charge >= 0.3 is 0 Å². The first-order valence-corrected chi connectivity index (χ1v) is 7.78. The number of anilines is 1. The number of carbonyl (C=O) groups excluding carboxylic acids is 1. The van der Waals surface area contributed by atoms with Gasteiger partial charge in [-0.05, 0) is 19.4 Å². The molecule has 0 fully saturated rings. The molecule has 1 amide bonds. The van der Waals surface area contributed by atoms with E-state index in [-0.39, 0.29) is 11.9 Å². The lowest BCUT2D eigenvalue weighted by atomic mass is 10.2. The van der Waals surface area contributed by atoms with Gasteiger partial charge in [0.05, 0.1) is 16.9 Å². The highest BCUT2D eigenvalue weighted by atomic mass is 32.1. The lowest BCUT2D eigenvalue weighted by Gasteiger charge is -2.12. The van der Waals surface area contributed by atoms with Crippen LogP contribution in [0.5, 0.6) is 0 Å². The number of hydrogen-bond acceptors (Lipinski definition) is 6. The van der Waals surface area contributed by atoms with E-state index in [9.17, 15) is 4.79 Å². The van der Waals surface area contributed by atoms with Gasteiger partial charge in [-0.15, -0.1) is 17.9 Å². The van der Waals surface area contributed by atoms with Crippen LogP contribution >= 0.6 is 11.3 Å². The van der Waals surface area contributed by atoms with Crippen molar-refractivity contribution < 1.29 is 9.53 Å². The number of fused-ring (bicyclic) bond motifs is 1. The second kappa shape index (κ2) is 7.33. The second-order valence-electron chi connectivity index (χ2n) is 4.96. The van der Waals surface area contributed by atoms with Gasteiger partial charge in [-0.2, -0.15) is 0 Å². The Balaban J connectivity index is 2.34. The molecule has 2 heterocycles. The highest BCUT2D eigenvalue weighted by molar-refractivity contribution is 7.20. The molecule has 0 aliphatic rings. The summed E-state index contributed by atoms with van der Waals surface area (Å²) in [6.07, 6.45) is 3.26. The number of nitrogens with zero attached hydrogens (tertiary/aromatic N) is 2. The molecule has 0 aromatic carbocycles. The molecule has 7 heteroatoms. The number of thiophene rings is 1. The van der Waals surface area contributed by atoms with Crippen LogP contribution in [0, 0.1) is 6.92 Å². The molecule has 118 valence electrons. The molecule has 1 atom stereocenters. The van der Waals surface area contributed by atoms with Crippen LogP contribution in [0.3, 0.4) is 0 Å². The van der Waals surface area contributed by atoms with Crippen molar-refractivity contribution in [1.29, 1.82) is 0 Å². The monoisotopic (exact) mass is 320 g/mol.